The first-order valence-corrected chi connectivity index (χ1v) is 7.32. The molecule has 1 unspecified atom stereocenters. The molecule has 104 valence electrons. The summed E-state index contributed by atoms with van der Waals surface area (Å²) in [5.74, 6) is 0. The van der Waals surface area contributed by atoms with Crippen LogP contribution in [0, 0.1) is 11.3 Å². The van der Waals surface area contributed by atoms with Crippen molar-refractivity contribution < 1.29 is 13.5 Å². The zero-order chi connectivity index (χ0) is 14.3. The van der Waals surface area contributed by atoms with Gasteiger partial charge in [-0.25, -0.2) is 13.1 Å². The molecule has 0 saturated carbocycles. The molecular formula is C12H17N3O3S. The van der Waals surface area contributed by atoms with Crippen LogP contribution in [0.25, 0.3) is 0 Å². The number of benzene rings is 1. The summed E-state index contributed by atoms with van der Waals surface area (Å²) < 4.78 is 26.1. The standard InChI is InChI=1S/C12H17N3O3S/c1-10(16)9-14-6-7-15-19(17,18)12-4-2-11(8-13)3-5-12/h2-5,10,14-16H,6-7,9H2,1H3. The minimum absolute atomic E-state index is 0.127. The quantitative estimate of drug-likeness (QED) is 0.602. The molecule has 0 heterocycles. The monoisotopic (exact) mass is 283 g/mol. The first-order valence-electron chi connectivity index (χ1n) is 5.84. The fourth-order valence-electron chi connectivity index (χ4n) is 1.38. The summed E-state index contributed by atoms with van der Waals surface area (Å²) in [4.78, 5) is 0.127. The summed E-state index contributed by atoms with van der Waals surface area (Å²) in [5.41, 5.74) is 0.414. The summed E-state index contributed by atoms with van der Waals surface area (Å²) >= 11 is 0. The first kappa shape index (κ1) is 15.6. The molecule has 0 bridgehead atoms. The van der Waals surface area contributed by atoms with E-state index in [1.807, 2.05) is 6.07 Å². The van der Waals surface area contributed by atoms with Crippen LogP contribution in [0.3, 0.4) is 0 Å². The molecular weight excluding hydrogens is 266 g/mol. The normalized spacial score (nSPS) is 12.9. The van der Waals surface area contributed by atoms with Crippen LogP contribution in [0.15, 0.2) is 29.2 Å². The minimum atomic E-state index is -3.55. The van der Waals surface area contributed by atoms with Gasteiger partial charge < -0.3 is 10.4 Å². The lowest BCUT2D eigenvalue weighted by Gasteiger charge is -2.09. The average Bonchev–Trinajstić information content (AvgIpc) is 2.38. The maximum Gasteiger partial charge on any atom is 0.240 e. The molecule has 1 atom stereocenters. The maximum absolute atomic E-state index is 11.9. The van der Waals surface area contributed by atoms with E-state index in [1.54, 1.807) is 6.92 Å². The zero-order valence-electron chi connectivity index (χ0n) is 10.6. The number of nitrogens with zero attached hydrogens (tertiary/aromatic N) is 1. The van der Waals surface area contributed by atoms with Crippen LogP contribution in [0.1, 0.15) is 12.5 Å². The average molecular weight is 283 g/mol. The minimum Gasteiger partial charge on any atom is -0.392 e. The van der Waals surface area contributed by atoms with Gasteiger partial charge in [0, 0.05) is 19.6 Å². The van der Waals surface area contributed by atoms with Crippen LogP contribution in [-0.2, 0) is 10.0 Å². The Hall–Kier alpha value is -1.46. The van der Waals surface area contributed by atoms with Gasteiger partial charge >= 0.3 is 0 Å². The number of sulfonamides is 1. The number of aliphatic hydroxyl groups excluding tert-OH is 1. The number of hydrogen-bond donors (Lipinski definition) is 3. The fourth-order valence-corrected chi connectivity index (χ4v) is 2.41. The maximum atomic E-state index is 11.9. The first-order chi connectivity index (χ1) is 8.95. The number of nitriles is 1. The predicted octanol–water partition coefficient (Wildman–Crippen LogP) is -0.193. The predicted molar refractivity (Wildman–Crippen MR) is 70.9 cm³/mol. The van der Waals surface area contributed by atoms with Gasteiger partial charge in [-0.05, 0) is 31.2 Å². The van der Waals surface area contributed by atoms with Crippen LogP contribution >= 0.6 is 0 Å². The van der Waals surface area contributed by atoms with Gasteiger partial charge in [-0.3, -0.25) is 0 Å². The van der Waals surface area contributed by atoms with E-state index in [0.29, 0.717) is 18.7 Å². The van der Waals surface area contributed by atoms with E-state index in [2.05, 4.69) is 10.0 Å². The fraction of sp³-hybridized carbons (Fsp3) is 0.417. The van der Waals surface area contributed by atoms with Gasteiger partial charge in [0.05, 0.1) is 22.6 Å². The number of aliphatic hydroxyl groups is 1. The molecule has 0 aliphatic heterocycles. The Bertz CT molecular complexity index is 532. The zero-order valence-corrected chi connectivity index (χ0v) is 11.4. The number of nitrogens with one attached hydrogen (secondary N) is 2. The molecule has 1 rings (SSSR count). The molecule has 0 radical (unpaired) electrons. The van der Waals surface area contributed by atoms with Crippen molar-refractivity contribution >= 4 is 10.0 Å². The van der Waals surface area contributed by atoms with E-state index in [9.17, 15) is 8.42 Å². The second-order valence-corrected chi connectivity index (χ2v) is 5.85. The van der Waals surface area contributed by atoms with Crippen LogP contribution in [-0.4, -0.2) is 39.3 Å². The van der Waals surface area contributed by atoms with E-state index in [-0.39, 0.29) is 11.4 Å². The Morgan fingerprint density at radius 1 is 1.32 bits per heavy atom. The van der Waals surface area contributed by atoms with E-state index in [0.717, 1.165) is 0 Å². The van der Waals surface area contributed by atoms with Gasteiger partial charge in [-0.2, -0.15) is 5.26 Å². The molecule has 0 amide bonds. The van der Waals surface area contributed by atoms with Crippen molar-refractivity contribution in [1.82, 2.24) is 10.0 Å². The van der Waals surface area contributed by atoms with Crippen LogP contribution in [0.2, 0.25) is 0 Å². The molecule has 0 spiro atoms. The Labute approximate surface area is 113 Å². The molecule has 19 heavy (non-hydrogen) atoms. The molecule has 0 aromatic heterocycles. The third-order valence-corrected chi connectivity index (χ3v) is 3.80. The molecule has 1 aromatic carbocycles. The summed E-state index contributed by atoms with van der Waals surface area (Å²) in [5, 5.41) is 20.6. The van der Waals surface area contributed by atoms with Crippen molar-refractivity contribution in [2.24, 2.45) is 0 Å². The van der Waals surface area contributed by atoms with Crippen molar-refractivity contribution in [3.63, 3.8) is 0 Å². The van der Waals surface area contributed by atoms with Gasteiger partial charge in [0.2, 0.25) is 10.0 Å². The summed E-state index contributed by atoms with van der Waals surface area (Å²) in [6.07, 6.45) is -0.463. The van der Waals surface area contributed by atoms with Gasteiger partial charge in [0.15, 0.2) is 0 Å². The van der Waals surface area contributed by atoms with Crippen molar-refractivity contribution in [3.05, 3.63) is 29.8 Å². The largest absolute Gasteiger partial charge is 0.392 e. The molecule has 0 aliphatic rings. The number of rotatable bonds is 7. The molecule has 6 nitrogen and oxygen atoms in total. The Morgan fingerprint density at radius 3 is 2.47 bits per heavy atom. The van der Waals surface area contributed by atoms with Crippen molar-refractivity contribution in [3.8, 4) is 6.07 Å². The van der Waals surface area contributed by atoms with Crippen molar-refractivity contribution in [2.45, 2.75) is 17.9 Å². The highest BCUT2D eigenvalue weighted by Crippen LogP contribution is 2.09. The molecule has 0 aliphatic carbocycles. The molecule has 7 heteroatoms. The van der Waals surface area contributed by atoms with Crippen LogP contribution in [0.5, 0.6) is 0 Å². The van der Waals surface area contributed by atoms with E-state index in [1.165, 1.54) is 24.3 Å². The van der Waals surface area contributed by atoms with Crippen molar-refractivity contribution in [2.75, 3.05) is 19.6 Å². The second-order valence-electron chi connectivity index (χ2n) is 4.09. The van der Waals surface area contributed by atoms with Crippen LogP contribution in [0.4, 0.5) is 0 Å². The Balaban J connectivity index is 2.49. The smallest absolute Gasteiger partial charge is 0.240 e. The number of hydrogen-bond acceptors (Lipinski definition) is 5. The highest BCUT2D eigenvalue weighted by Gasteiger charge is 2.12. The van der Waals surface area contributed by atoms with E-state index >= 15 is 0 Å². The van der Waals surface area contributed by atoms with Gasteiger partial charge in [0.25, 0.3) is 0 Å². The van der Waals surface area contributed by atoms with E-state index in [4.69, 9.17) is 10.4 Å². The lowest BCUT2D eigenvalue weighted by molar-refractivity contribution is 0.192. The van der Waals surface area contributed by atoms with Crippen molar-refractivity contribution in [1.29, 1.82) is 5.26 Å². The summed E-state index contributed by atoms with van der Waals surface area (Å²) in [7, 11) is -3.55. The summed E-state index contributed by atoms with van der Waals surface area (Å²) in [6, 6.07) is 7.63. The lowest BCUT2D eigenvalue weighted by Crippen LogP contribution is -2.34. The Morgan fingerprint density at radius 2 is 1.95 bits per heavy atom. The highest BCUT2D eigenvalue weighted by molar-refractivity contribution is 7.89. The van der Waals surface area contributed by atoms with Gasteiger partial charge in [-0.1, -0.05) is 0 Å². The lowest BCUT2D eigenvalue weighted by atomic mass is 10.2. The van der Waals surface area contributed by atoms with Gasteiger partial charge in [-0.15, -0.1) is 0 Å². The Kier molecular flexibility index (Phi) is 5.92. The van der Waals surface area contributed by atoms with E-state index < -0.39 is 16.1 Å². The second kappa shape index (κ2) is 7.21. The topological polar surface area (TPSA) is 102 Å². The summed E-state index contributed by atoms with van der Waals surface area (Å²) in [6.45, 7) is 2.72. The third kappa shape index (κ3) is 5.36. The van der Waals surface area contributed by atoms with Crippen LogP contribution < -0.4 is 10.0 Å². The van der Waals surface area contributed by atoms with Gasteiger partial charge in [0.1, 0.15) is 0 Å². The highest BCUT2D eigenvalue weighted by atomic mass is 32.2. The SMILES string of the molecule is CC(O)CNCCNS(=O)(=O)c1ccc(C#N)cc1. The molecule has 0 fully saturated rings. The molecule has 3 N–H and O–H groups in total. The third-order valence-electron chi connectivity index (χ3n) is 2.33. The molecule has 0 saturated heterocycles. The molecule has 1 aromatic rings.